The normalized spacial score (nSPS) is 33.2. The molecule has 0 amide bonds. The summed E-state index contributed by atoms with van der Waals surface area (Å²) in [5.74, 6) is -0.639. The number of ether oxygens (including phenoxy) is 3. The largest absolute Gasteiger partial charge is 0.390 e. The molecule has 0 spiro atoms. The van der Waals surface area contributed by atoms with E-state index in [1.807, 2.05) is 91.0 Å². The molecule has 172 valence electrons. The zero-order valence-electron chi connectivity index (χ0n) is 18.1. The third-order valence-electron chi connectivity index (χ3n) is 6.64. The number of hydrogen-bond donors (Lipinski definition) is 3. The average molecular weight is 449 g/mol. The van der Waals surface area contributed by atoms with Crippen LogP contribution in [0.1, 0.15) is 22.6 Å². The standard InChI is InChI=1S/C27H28O6/c28-22-21(20-14-8-3-9-15-20)27(30)24(22)33-26(29)23(31-16-18-10-4-1-5-11-18)25(27)32-17-19-12-6-2-7-13-19/h1-15,21-26,28-30H,16-17H2/t21?,22?,23-,24-,25-,26-,27-/m1/s1. The van der Waals surface area contributed by atoms with Gasteiger partial charge >= 0.3 is 0 Å². The monoisotopic (exact) mass is 448 g/mol. The lowest BCUT2D eigenvalue weighted by atomic mass is 9.57. The number of aliphatic hydroxyl groups excluding tert-OH is 2. The van der Waals surface area contributed by atoms with Crippen molar-refractivity contribution in [3.05, 3.63) is 108 Å². The second kappa shape index (κ2) is 9.35. The van der Waals surface area contributed by atoms with Crippen LogP contribution < -0.4 is 0 Å². The van der Waals surface area contributed by atoms with Gasteiger partial charge in [-0.3, -0.25) is 0 Å². The van der Waals surface area contributed by atoms with Gasteiger partial charge in [0.05, 0.1) is 19.3 Å². The van der Waals surface area contributed by atoms with Crippen LogP contribution in [0.3, 0.4) is 0 Å². The zero-order valence-corrected chi connectivity index (χ0v) is 18.1. The molecule has 1 saturated carbocycles. The number of aliphatic hydroxyl groups is 3. The first-order valence-electron chi connectivity index (χ1n) is 11.2. The van der Waals surface area contributed by atoms with E-state index in [9.17, 15) is 15.3 Å². The molecular weight excluding hydrogens is 420 g/mol. The van der Waals surface area contributed by atoms with Gasteiger partial charge in [0.15, 0.2) is 6.29 Å². The van der Waals surface area contributed by atoms with E-state index in [0.29, 0.717) is 0 Å². The van der Waals surface area contributed by atoms with Gasteiger partial charge in [0, 0.05) is 5.92 Å². The van der Waals surface area contributed by atoms with Crippen molar-refractivity contribution in [2.45, 2.75) is 55.4 Å². The second-order valence-electron chi connectivity index (χ2n) is 8.69. The summed E-state index contributed by atoms with van der Waals surface area (Å²) in [6.07, 6.45) is -5.20. The Labute approximate surface area is 193 Å². The summed E-state index contributed by atoms with van der Waals surface area (Å²) in [5, 5.41) is 33.6. The minimum atomic E-state index is -1.57. The van der Waals surface area contributed by atoms with Crippen molar-refractivity contribution < 1.29 is 29.5 Å². The molecule has 1 saturated heterocycles. The van der Waals surface area contributed by atoms with Crippen LogP contribution in [0.15, 0.2) is 91.0 Å². The zero-order chi connectivity index (χ0) is 22.8. The van der Waals surface area contributed by atoms with Crippen LogP contribution in [0.5, 0.6) is 0 Å². The van der Waals surface area contributed by atoms with Gasteiger partial charge in [-0.2, -0.15) is 0 Å². The van der Waals surface area contributed by atoms with Crippen LogP contribution in [0, 0.1) is 0 Å². The average Bonchev–Trinajstić information content (AvgIpc) is 2.85. The Balaban J connectivity index is 1.45. The van der Waals surface area contributed by atoms with Crippen molar-refractivity contribution in [1.29, 1.82) is 0 Å². The Morgan fingerprint density at radius 2 is 1.24 bits per heavy atom. The van der Waals surface area contributed by atoms with Crippen LogP contribution in [-0.2, 0) is 27.4 Å². The first-order valence-corrected chi connectivity index (χ1v) is 11.2. The van der Waals surface area contributed by atoms with Crippen molar-refractivity contribution in [2.75, 3.05) is 0 Å². The van der Waals surface area contributed by atoms with E-state index in [-0.39, 0.29) is 13.2 Å². The molecule has 6 nitrogen and oxygen atoms in total. The fourth-order valence-electron chi connectivity index (χ4n) is 5.00. The molecule has 5 rings (SSSR count). The molecule has 33 heavy (non-hydrogen) atoms. The fraction of sp³-hybridized carbons (Fsp3) is 0.333. The number of rotatable bonds is 7. The van der Waals surface area contributed by atoms with E-state index in [0.717, 1.165) is 16.7 Å². The maximum absolute atomic E-state index is 11.9. The minimum absolute atomic E-state index is 0.218. The van der Waals surface area contributed by atoms with E-state index in [2.05, 4.69) is 0 Å². The van der Waals surface area contributed by atoms with Crippen molar-refractivity contribution in [3.8, 4) is 0 Å². The molecule has 2 aliphatic rings. The van der Waals surface area contributed by atoms with Gasteiger partial charge in [-0.1, -0.05) is 91.0 Å². The number of benzene rings is 3. The highest BCUT2D eigenvalue weighted by Crippen LogP contribution is 2.54. The lowest BCUT2D eigenvalue weighted by Crippen LogP contribution is -2.80. The lowest BCUT2D eigenvalue weighted by Gasteiger charge is -2.62. The van der Waals surface area contributed by atoms with Gasteiger partial charge in [-0.25, -0.2) is 0 Å². The van der Waals surface area contributed by atoms with Crippen molar-refractivity contribution >= 4 is 0 Å². The topological polar surface area (TPSA) is 88.4 Å². The van der Waals surface area contributed by atoms with Gasteiger partial charge in [-0.15, -0.1) is 0 Å². The third kappa shape index (κ3) is 4.10. The van der Waals surface area contributed by atoms with Crippen LogP contribution >= 0.6 is 0 Å². The molecule has 3 aromatic carbocycles. The Kier molecular flexibility index (Phi) is 6.29. The van der Waals surface area contributed by atoms with Gasteiger partial charge < -0.3 is 29.5 Å². The molecule has 2 unspecified atom stereocenters. The molecule has 1 aliphatic heterocycles. The van der Waals surface area contributed by atoms with Crippen molar-refractivity contribution in [3.63, 3.8) is 0 Å². The van der Waals surface area contributed by atoms with E-state index < -0.39 is 42.2 Å². The molecule has 3 N–H and O–H groups in total. The molecular formula is C27H28O6. The Hall–Kier alpha value is -2.58. The van der Waals surface area contributed by atoms with E-state index in [1.54, 1.807) is 0 Å². The number of hydrogen-bond acceptors (Lipinski definition) is 6. The van der Waals surface area contributed by atoms with E-state index in [1.165, 1.54) is 0 Å². The molecule has 2 fully saturated rings. The Morgan fingerprint density at radius 1 is 0.727 bits per heavy atom. The summed E-state index contributed by atoms with van der Waals surface area (Å²) >= 11 is 0. The van der Waals surface area contributed by atoms with Gasteiger partial charge in [-0.05, 0) is 16.7 Å². The molecule has 7 atom stereocenters. The highest BCUT2D eigenvalue weighted by atomic mass is 16.7. The molecule has 6 heteroatoms. The predicted octanol–water partition coefficient (Wildman–Crippen LogP) is 2.76. The van der Waals surface area contributed by atoms with Crippen molar-refractivity contribution in [1.82, 2.24) is 0 Å². The molecule has 0 radical (unpaired) electrons. The first kappa shape index (κ1) is 22.2. The molecule has 1 heterocycles. The van der Waals surface area contributed by atoms with Gasteiger partial charge in [0.1, 0.15) is 23.9 Å². The van der Waals surface area contributed by atoms with E-state index in [4.69, 9.17) is 14.2 Å². The van der Waals surface area contributed by atoms with Crippen LogP contribution in [-0.4, -0.2) is 51.6 Å². The minimum Gasteiger partial charge on any atom is -0.390 e. The highest BCUT2D eigenvalue weighted by molar-refractivity contribution is 5.35. The summed E-state index contributed by atoms with van der Waals surface area (Å²) in [7, 11) is 0. The SMILES string of the molecule is OC1C(c2ccccc2)[C@@]2(O)[C@@H]1O[C@@H](O)[C@H](OCc1ccccc1)[C@H]2OCc1ccccc1. The fourth-order valence-corrected chi connectivity index (χ4v) is 5.00. The van der Waals surface area contributed by atoms with Crippen molar-refractivity contribution in [2.24, 2.45) is 0 Å². The van der Waals surface area contributed by atoms with Gasteiger partial charge in [0.25, 0.3) is 0 Å². The second-order valence-corrected chi connectivity index (χ2v) is 8.69. The predicted molar refractivity (Wildman–Crippen MR) is 121 cm³/mol. The summed E-state index contributed by atoms with van der Waals surface area (Å²) in [6.45, 7) is 0.437. The van der Waals surface area contributed by atoms with Crippen LogP contribution in [0.2, 0.25) is 0 Å². The molecule has 3 aromatic rings. The van der Waals surface area contributed by atoms with E-state index >= 15 is 0 Å². The smallest absolute Gasteiger partial charge is 0.184 e. The third-order valence-corrected chi connectivity index (χ3v) is 6.64. The quantitative estimate of drug-likeness (QED) is 0.515. The Bertz CT molecular complexity index is 1030. The summed E-state index contributed by atoms with van der Waals surface area (Å²) in [6, 6.07) is 28.5. The lowest BCUT2D eigenvalue weighted by molar-refractivity contribution is -0.392. The maximum Gasteiger partial charge on any atom is 0.184 e. The van der Waals surface area contributed by atoms with Crippen LogP contribution in [0.4, 0.5) is 0 Å². The number of fused-ring (bicyclic) bond motifs is 1. The summed E-state index contributed by atoms with van der Waals surface area (Å²) in [4.78, 5) is 0. The molecule has 0 bridgehead atoms. The van der Waals surface area contributed by atoms with Gasteiger partial charge in [0.2, 0.25) is 0 Å². The highest BCUT2D eigenvalue weighted by Gasteiger charge is 2.72. The first-order chi connectivity index (χ1) is 16.1. The van der Waals surface area contributed by atoms with Crippen LogP contribution in [0.25, 0.3) is 0 Å². The molecule has 1 aliphatic carbocycles. The maximum atomic E-state index is 11.9. The summed E-state index contributed by atoms with van der Waals surface area (Å²) < 4.78 is 18.0. The molecule has 0 aromatic heterocycles. The summed E-state index contributed by atoms with van der Waals surface area (Å²) in [5.41, 5.74) is 1.06. The Morgan fingerprint density at radius 3 is 1.82 bits per heavy atom.